The first kappa shape index (κ1) is 25.2. The Morgan fingerprint density at radius 2 is 1.72 bits per heavy atom. The SMILES string of the molecule is O=c1oc2c(c(O)c1C(c1cccc(NS(=O)(=O)c3ccc(Cl)c(Cl)c3)c1)C1CC1)CCCCCC2. The molecule has 1 saturated carbocycles. The van der Waals surface area contributed by atoms with Gasteiger partial charge >= 0.3 is 5.63 Å². The lowest BCUT2D eigenvalue weighted by Gasteiger charge is -2.22. The molecule has 0 spiro atoms. The van der Waals surface area contributed by atoms with Crippen LogP contribution in [0.4, 0.5) is 5.69 Å². The van der Waals surface area contributed by atoms with Gasteiger partial charge in [0.05, 0.1) is 20.5 Å². The van der Waals surface area contributed by atoms with Gasteiger partial charge < -0.3 is 9.52 Å². The molecule has 2 N–H and O–H groups in total. The molecule has 190 valence electrons. The van der Waals surface area contributed by atoms with Crippen LogP contribution in [0.2, 0.25) is 10.0 Å². The van der Waals surface area contributed by atoms with Gasteiger partial charge in [0, 0.05) is 23.6 Å². The van der Waals surface area contributed by atoms with Crippen LogP contribution in [0.25, 0.3) is 0 Å². The van der Waals surface area contributed by atoms with Crippen molar-refractivity contribution in [2.45, 2.75) is 62.2 Å². The Morgan fingerprint density at radius 1 is 0.972 bits per heavy atom. The van der Waals surface area contributed by atoms with E-state index >= 15 is 0 Å². The standard InChI is InChI=1S/C27H27Cl2NO5S/c28-21-13-12-19(15-22(21)29)36(33,34)30-18-7-5-6-17(14-18)24(16-10-11-16)25-26(31)20-8-3-1-2-4-9-23(20)35-27(25)32/h5-7,12-16,24,30-31H,1-4,8-11H2. The first-order chi connectivity index (χ1) is 17.2. The van der Waals surface area contributed by atoms with Gasteiger partial charge in [0.1, 0.15) is 11.5 Å². The summed E-state index contributed by atoms with van der Waals surface area (Å²) in [5, 5.41) is 11.7. The van der Waals surface area contributed by atoms with Crippen molar-refractivity contribution in [3.05, 3.63) is 85.4 Å². The maximum Gasteiger partial charge on any atom is 0.343 e. The molecular weight excluding hydrogens is 521 g/mol. The number of aromatic hydroxyl groups is 1. The predicted molar refractivity (Wildman–Crippen MR) is 141 cm³/mol. The molecule has 0 radical (unpaired) electrons. The zero-order valence-corrected chi connectivity index (χ0v) is 21.9. The second-order valence-electron chi connectivity index (χ2n) is 9.59. The summed E-state index contributed by atoms with van der Waals surface area (Å²) in [5.74, 6) is 0.430. The summed E-state index contributed by atoms with van der Waals surface area (Å²) in [6, 6.07) is 11.1. The summed E-state index contributed by atoms with van der Waals surface area (Å²) in [6.07, 6.45) is 7.20. The van der Waals surface area contributed by atoms with Crippen LogP contribution in [0.15, 0.2) is 56.6 Å². The lowest BCUT2D eigenvalue weighted by atomic mass is 9.85. The van der Waals surface area contributed by atoms with E-state index < -0.39 is 15.6 Å². The van der Waals surface area contributed by atoms with E-state index in [2.05, 4.69) is 4.72 Å². The van der Waals surface area contributed by atoms with E-state index in [0.29, 0.717) is 24.3 Å². The highest BCUT2D eigenvalue weighted by atomic mass is 35.5. The molecule has 2 aromatic carbocycles. The third kappa shape index (κ3) is 5.15. The summed E-state index contributed by atoms with van der Waals surface area (Å²) in [5.41, 5.74) is 1.61. The third-order valence-electron chi connectivity index (χ3n) is 7.00. The maximum atomic E-state index is 13.2. The molecule has 0 aliphatic heterocycles. The highest BCUT2D eigenvalue weighted by Crippen LogP contribution is 2.49. The molecule has 2 aliphatic rings. The third-order valence-corrected chi connectivity index (χ3v) is 9.12. The van der Waals surface area contributed by atoms with E-state index in [1.165, 1.54) is 18.2 Å². The van der Waals surface area contributed by atoms with Crippen LogP contribution < -0.4 is 10.3 Å². The fourth-order valence-corrected chi connectivity index (χ4v) is 6.49. The summed E-state index contributed by atoms with van der Waals surface area (Å²) >= 11 is 11.9. The lowest BCUT2D eigenvalue weighted by molar-refractivity contribution is 0.382. The number of halogens is 2. The van der Waals surface area contributed by atoms with Gasteiger partial charge in [0.25, 0.3) is 10.0 Å². The van der Waals surface area contributed by atoms with Gasteiger partial charge in [-0.2, -0.15) is 0 Å². The zero-order chi connectivity index (χ0) is 25.4. The molecule has 9 heteroatoms. The van der Waals surface area contributed by atoms with Gasteiger partial charge in [-0.1, -0.05) is 48.2 Å². The smallest absolute Gasteiger partial charge is 0.343 e. The number of hydrogen-bond donors (Lipinski definition) is 2. The Hall–Kier alpha value is -2.48. The van der Waals surface area contributed by atoms with Crippen molar-refractivity contribution in [3.63, 3.8) is 0 Å². The highest BCUT2D eigenvalue weighted by molar-refractivity contribution is 7.92. The van der Waals surface area contributed by atoms with E-state index in [1.807, 2.05) is 6.07 Å². The van der Waals surface area contributed by atoms with E-state index in [4.69, 9.17) is 27.6 Å². The van der Waals surface area contributed by atoms with Crippen molar-refractivity contribution in [1.82, 2.24) is 0 Å². The van der Waals surface area contributed by atoms with Crippen molar-refractivity contribution in [3.8, 4) is 5.75 Å². The number of benzene rings is 2. The minimum Gasteiger partial charge on any atom is -0.507 e. The van der Waals surface area contributed by atoms with Gasteiger partial charge in [-0.05, 0) is 73.9 Å². The van der Waals surface area contributed by atoms with Crippen LogP contribution >= 0.6 is 23.2 Å². The van der Waals surface area contributed by atoms with Crippen molar-refractivity contribution in [2.24, 2.45) is 5.92 Å². The average Bonchev–Trinajstić information content (AvgIpc) is 3.64. The topological polar surface area (TPSA) is 96.6 Å². The first-order valence-electron chi connectivity index (χ1n) is 12.2. The van der Waals surface area contributed by atoms with Gasteiger partial charge in [-0.15, -0.1) is 0 Å². The summed E-state index contributed by atoms with van der Waals surface area (Å²) in [6.45, 7) is 0. The summed E-state index contributed by atoms with van der Waals surface area (Å²) in [4.78, 5) is 13.1. The average molecular weight is 548 g/mol. The summed E-state index contributed by atoms with van der Waals surface area (Å²) in [7, 11) is -3.92. The molecule has 1 heterocycles. The van der Waals surface area contributed by atoms with Crippen molar-refractivity contribution in [2.75, 3.05) is 4.72 Å². The van der Waals surface area contributed by atoms with Crippen molar-refractivity contribution in [1.29, 1.82) is 0 Å². The Morgan fingerprint density at radius 3 is 2.44 bits per heavy atom. The number of nitrogens with one attached hydrogen (secondary N) is 1. The Balaban J connectivity index is 1.52. The largest absolute Gasteiger partial charge is 0.507 e. The van der Waals surface area contributed by atoms with Gasteiger partial charge in [0.2, 0.25) is 0 Å². The maximum absolute atomic E-state index is 13.2. The minimum atomic E-state index is -3.92. The van der Waals surface area contributed by atoms with Crippen LogP contribution in [0.1, 0.15) is 66.9 Å². The molecule has 1 fully saturated rings. The van der Waals surface area contributed by atoms with Crippen molar-refractivity contribution < 1.29 is 17.9 Å². The quantitative estimate of drug-likeness (QED) is 0.359. The van der Waals surface area contributed by atoms with Crippen molar-refractivity contribution >= 4 is 38.9 Å². The predicted octanol–water partition coefficient (Wildman–Crippen LogP) is 6.65. The lowest BCUT2D eigenvalue weighted by Crippen LogP contribution is -2.19. The molecule has 3 aromatic rings. The fourth-order valence-electron chi connectivity index (χ4n) is 5.05. The Kier molecular flexibility index (Phi) is 7.07. The molecule has 1 atom stereocenters. The van der Waals surface area contributed by atoms with Crippen LogP contribution in [-0.4, -0.2) is 13.5 Å². The zero-order valence-electron chi connectivity index (χ0n) is 19.6. The molecule has 0 amide bonds. The monoisotopic (exact) mass is 547 g/mol. The molecule has 1 unspecified atom stereocenters. The van der Waals surface area contributed by atoms with E-state index in [-0.39, 0.29) is 38.1 Å². The molecule has 0 bridgehead atoms. The Bertz CT molecular complexity index is 1460. The van der Waals surface area contributed by atoms with Crippen LogP contribution in [-0.2, 0) is 22.9 Å². The molecule has 2 aliphatic carbocycles. The number of aryl methyl sites for hydroxylation is 1. The van der Waals surface area contributed by atoms with Gasteiger partial charge in [-0.3, -0.25) is 4.72 Å². The fraction of sp³-hybridized carbons (Fsp3) is 0.370. The second kappa shape index (κ2) is 10.1. The van der Waals surface area contributed by atoms with Crippen LogP contribution in [0, 0.1) is 5.92 Å². The molecule has 5 rings (SSSR count). The molecule has 0 saturated heterocycles. The Labute approximate surface area is 220 Å². The van der Waals surface area contributed by atoms with E-state index in [1.54, 1.807) is 18.2 Å². The highest BCUT2D eigenvalue weighted by Gasteiger charge is 2.38. The number of sulfonamides is 1. The number of rotatable bonds is 6. The summed E-state index contributed by atoms with van der Waals surface area (Å²) < 4.78 is 34.3. The van der Waals surface area contributed by atoms with Gasteiger partial charge in [-0.25, -0.2) is 13.2 Å². The number of hydrogen-bond acceptors (Lipinski definition) is 5. The normalized spacial score (nSPS) is 17.1. The minimum absolute atomic E-state index is 0.0130. The van der Waals surface area contributed by atoms with Crippen LogP contribution in [0.5, 0.6) is 5.75 Å². The molecule has 1 aromatic heterocycles. The number of anilines is 1. The molecular formula is C27H27Cl2NO5S. The first-order valence-corrected chi connectivity index (χ1v) is 14.4. The van der Waals surface area contributed by atoms with E-state index in [9.17, 15) is 18.3 Å². The van der Waals surface area contributed by atoms with E-state index in [0.717, 1.165) is 49.7 Å². The molecule has 6 nitrogen and oxygen atoms in total. The van der Waals surface area contributed by atoms with Crippen LogP contribution in [0.3, 0.4) is 0 Å². The number of fused-ring (bicyclic) bond motifs is 1. The molecule has 36 heavy (non-hydrogen) atoms. The van der Waals surface area contributed by atoms with Gasteiger partial charge in [0.15, 0.2) is 0 Å². The second-order valence-corrected chi connectivity index (χ2v) is 12.1.